The van der Waals surface area contributed by atoms with Crippen LogP contribution >= 0.6 is 0 Å². The predicted octanol–water partition coefficient (Wildman–Crippen LogP) is 2.15. The summed E-state index contributed by atoms with van der Waals surface area (Å²) in [7, 11) is 0. The predicted molar refractivity (Wildman–Crippen MR) is 49.2 cm³/mol. The van der Waals surface area contributed by atoms with Gasteiger partial charge in [-0.2, -0.15) is 0 Å². The Balaban J connectivity index is 2.00. The highest BCUT2D eigenvalue weighted by atomic mass is 16.5. The number of rotatable bonds is 4. The van der Waals surface area contributed by atoms with Gasteiger partial charge in [-0.1, -0.05) is 12.2 Å². The van der Waals surface area contributed by atoms with Gasteiger partial charge in [-0.3, -0.25) is 0 Å². The van der Waals surface area contributed by atoms with Gasteiger partial charge in [-0.25, -0.2) is 0 Å². The van der Waals surface area contributed by atoms with E-state index in [0.29, 0.717) is 18.8 Å². The lowest BCUT2D eigenvalue weighted by molar-refractivity contribution is -0.00248. The van der Waals surface area contributed by atoms with Crippen LogP contribution in [-0.4, -0.2) is 25.4 Å². The molecule has 2 atom stereocenters. The van der Waals surface area contributed by atoms with Crippen molar-refractivity contribution in [3.63, 3.8) is 0 Å². The highest BCUT2D eigenvalue weighted by Gasteiger charge is 2.21. The Morgan fingerprint density at radius 1 is 1.50 bits per heavy atom. The Morgan fingerprint density at radius 3 is 2.92 bits per heavy atom. The molecule has 12 heavy (non-hydrogen) atoms. The minimum absolute atomic E-state index is 0.338. The molecule has 0 bridgehead atoms. The smallest absolute Gasteiger partial charge is 0.0813 e. The molecular weight excluding hydrogens is 152 g/mol. The van der Waals surface area contributed by atoms with Gasteiger partial charge in [0, 0.05) is 0 Å². The van der Waals surface area contributed by atoms with E-state index in [1.807, 2.05) is 19.1 Å². The molecule has 2 nitrogen and oxygen atoms in total. The average Bonchev–Trinajstić information content (AvgIpc) is 2.45. The number of allylic oxidation sites excluding steroid dienone is 1. The van der Waals surface area contributed by atoms with Gasteiger partial charge >= 0.3 is 0 Å². The van der Waals surface area contributed by atoms with E-state index in [9.17, 15) is 0 Å². The zero-order chi connectivity index (χ0) is 8.81. The molecule has 1 rings (SSSR count). The molecule has 1 saturated heterocycles. The number of hydrogen-bond donors (Lipinski definition) is 0. The molecule has 1 heterocycles. The zero-order valence-corrected chi connectivity index (χ0v) is 7.95. The van der Waals surface area contributed by atoms with Crippen LogP contribution in [0.4, 0.5) is 0 Å². The summed E-state index contributed by atoms with van der Waals surface area (Å²) < 4.78 is 11.0. The minimum atomic E-state index is 0.338. The van der Waals surface area contributed by atoms with Crippen molar-refractivity contribution in [1.82, 2.24) is 0 Å². The number of hydrogen-bond acceptors (Lipinski definition) is 2. The first-order valence-electron chi connectivity index (χ1n) is 4.67. The van der Waals surface area contributed by atoms with Gasteiger partial charge in [0.2, 0.25) is 0 Å². The fraction of sp³-hybridized carbons (Fsp3) is 0.800. The lowest BCUT2D eigenvalue weighted by atomic mass is 10.2. The maximum absolute atomic E-state index is 5.59. The van der Waals surface area contributed by atoms with Crippen LogP contribution in [0.2, 0.25) is 0 Å². The zero-order valence-electron chi connectivity index (χ0n) is 7.95. The molecule has 0 amide bonds. The fourth-order valence-corrected chi connectivity index (χ4v) is 1.37. The van der Waals surface area contributed by atoms with E-state index in [-0.39, 0.29) is 0 Å². The molecule has 2 unspecified atom stereocenters. The molecule has 0 aromatic heterocycles. The van der Waals surface area contributed by atoms with Gasteiger partial charge in [0.15, 0.2) is 0 Å². The highest BCUT2D eigenvalue weighted by molar-refractivity contribution is 4.76. The molecule has 0 aliphatic carbocycles. The fourth-order valence-electron chi connectivity index (χ4n) is 1.37. The second-order valence-corrected chi connectivity index (χ2v) is 3.25. The number of ether oxygens (including phenoxy) is 2. The molecule has 1 fully saturated rings. The molecule has 1 aliphatic rings. The summed E-state index contributed by atoms with van der Waals surface area (Å²) in [5.74, 6) is 0. The van der Waals surface area contributed by atoms with Gasteiger partial charge in [-0.05, 0) is 26.7 Å². The van der Waals surface area contributed by atoms with Gasteiger partial charge in [0.1, 0.15) is 0 Å². The van der Waals surface area contributed by atoms with Gasteiger partial charge < -0.3 is 9.47 Å². The average molecular weight is 170 g/mol. The third kappa shape index (κ3) is 3.37. The summed E-state index contributed by atoms with van der Waals surface area (Å²) in [4.78, 5) is 0. The molecule has 2 heteroatoms. The Bertz CT molecular complexity index is 143. The van der Waals surface area contributed by atoms with E-state index in [1.54, 1.807) is 0 Å². The summed E-state index contributed by atoms with van der Waals surface area (Å²) in [6, 6.07) is 0. The second-order valence-electron chi connectivity index (χ2n) is 3.25. The molecule has 0 N–H and O–H groups in total. The van der Waals surface area contributed by atoms with Crippen LogP contribution in [0.15, 0.2) is 12.2 Å². The quantitative estimate of drug-likeness (QED) is 0.475. The Morgan fingerprint density at radius 2 is 2.33 bits per heavy atom. The van der Waals surface area contributed by atoms with Gasteiger partial charge in [0.25, 0.3) is 0 Å². The van der Waals surface area contributed by atoms with Crippen molar-refractivity contribution < 1.29 is 9.47 Å². The van der Waals surface area contributed by atoms with E-state index < -0.39 is 0 Å². The summed E-state index contributed by atoms with van der Waals surface area (Å²) in [6.07, 6.45) is 7.11. The van der Waals surface area contributed by atoms with Crippen molar-refractivity contribution in [3.8, 4) is 0 Å². The molecular formula is C10H18O2. The second kappa shape index (κ2) is 5.33. The van der Waals surface area contributed by atoms with Crippen LogP contribution < -0.4 is 0 Å². The maximum Gasteiger partial charge on any atom is 0.0813 e. The van der Waals surface area contributed by atoms with E-state index in [2.05, 4.69) is 6.92 Å². The van der Waals surface area contributed by atoms with Crippen LogP contribution in [0, 0.1) is 0 Å². The van der Waals surface area contributed by atoms with E-state index in [4.69, 9.17) is 9.47 Å². The molecule has 0 aromatic rings. The molecule has 0 saturated carbocycles. The van der Waals surface area contributed by atoms with E-state index in [0.717, 1.165) is 13.0 Å². The topological polar surface area (TPSA) is 18.5 Å². The molecule has 0 spiro atoms. The summed E-state index contributed by atoms with van der Waals surface area (Å²) in [6.45, 7) is 5.57. The van der Waals surface area contributed by atoms with E-state index >= 15 is 0 Å². The summed E-state index contributed by atoms with van der Waals surface area (Å²) in [5, 5.41) is 0. The Labute approximate surface area is 74.6 Å². The Hall–Kier alpha value is -0.340. The van der Waals surface area contributed by atoms with Crippen molar-refractivity contribution in [2.75, 3.05) is 13.2 Å². The first-order chi connectivity index (χ1) is 5.83. The van der Waals surface area contributed by atoms with Crippen LogP contribution in [0.25, 0.3) is 0 Å². The standard InChI is InChI=1S/C10H18O2/c1-3-4-7-11-8-10-6-5-9(2)12-10/h3-4,9-10H,5-8H2,1-2H3/b4-3+. The van der Waals surface area contributed by atoms with Crippen molar-refractivity contribution in [2.24, 2.45) is 0 Å². The molecule has 0 radical (unpaired) electrons. The first-order valence-corrected chi connectivity index (χ1v) is 4.67. The normalized spacial score (nSPS) is 30.2. The SMILES string of the molecule is C/C=C/COCC1CCC(C)O1. The van der Waals surface area contributed by atoms with Crippen LogP contribution in [0.1, 0.15) is 26.7 Å². The van der Waals surface area contributed by atoms with Crippen molar-refractivity contribution in [2.45, 2.75) is 38.9 Å². The van der Waals surface area contributed by atoms with Crippen molar-refractivity contribution >= 4 is 0 Å². The summed E-state index contributed by atoms with van der Waals surface area (Å²) in [5.41, 5.74) is 0. The first kappa shape index (κ1) is 9.75. The maximum atomic E-state index is 5.59. The van der Waals surface area contributed by atoms with Crippen LogP contribution in [-0.2, 0) is 9.47 Å². The highest BCUT2D eigenvalue weighted by Crippen LogP contribution is 2.18. The van der Waals surface area contributed by atoms with Gasteiger partial charge in [0.05, 0.1) is 25.4 Å². The van der Waals surface area contributed by atoms with Crippen molar-refractivity contribution in [3.05, 3.63) is 12.2 Å². The summed E-state index contributed by atoms with van der Waals surface area (Å²) >= 11 is 0. The lowest BCUT2D eigenvalue weighted by Crippen LogP contribution is -2.15. The molecule has 70 valence electrons. The largest absolute Gasteiger partial charge is 0.375 e. The monoisotopic (exact) mass is 170 g/mol. The minimum Gasteiger partial charge on any atom is -0.375 e. The lowest BCUT2D eigenvalue weighted by Gasteiger charge is -2.10. The Kier molecular flexibility index (Phi) is 4.33. The molecule has 1 aliphatic heterocycles. The third-order valence-corrected chi connectivity index (χ3v) is 2.07. The molecule has 0 aromatic carbocycles. The third-order valence-electron chi connectivity index (χ3n) is 2.07. The van der Waals surface area contributed by atoms with Crippen LogP contribution in [0.3, 0.4) is 0 Å². The van der Waals surface area contributed by atoms with Crippen molar-refractivity contribution in [1.29, 1.82) is 0 Å². The van der Waals surface area contributed by atoms with Crippen LogP contribution in [0.5, 0.6) is 0 Å². The van der Waals surface area contributed by atoms with E-state index in [1.165, 1.54) is 6.42 Å². The van der Waals surface area contributed by atoms with Gasteiger partial charge in [-0.15, -0.1) is 0 Å².